The van der Waals surface area contributed by atoms with Gasteiger partial charge in [0.05, 0.1) is 6.61 Å². The third kappa shape index (κ3) is 5.41. The second-order valence-corrected chi connectivity index (χ2v) is 6.32. The molecule has 3 heteroatoms. The molecule has 0 aromatic rings. The molecule has 0 aromatic heterocycles. The summed E-state index contributed by atoms with van der Waals surface area (Å²) in [7, 11) is 0. The van der Waals surface area contributed by atoms with E-state index in [2.05, 4.69) is 18.7 Å². The first-order valence-corrected chi connectivity index (χ1v) is 8.28. The van der Waals surface area contributed by atoms with Crippen LogP contribution in [0.25, 0.3) is 0 Å². The molecule has 0 spiro atoms. The number of rotatable bonds is 10. The molecule has 114 valence electrons. The van der Waals surface area contributed by atoms with Crippen LogP contribution in [0.5, 0.6) is 0 Å². The average Bonchev–Trinajstić information content (AvgIpc) is 2.80. The SMILES string of the molecule is CCCCN(CCCC)CCC1CCCC1(N)CO. The summed E-state index contributed by atoms with van der Waals surface area (Å²) in [6, 6.07) is 0. The van der Waals surface area contributed by atoms with E-state index in [1.165, 1.54) is 51.6 Å². The summed E-state index contributed by atoms with van der Waals surface area (Å²) in [5.74, 6) is 0.517. The summed E-state index contributed by atoms with van der Waals surface area (Å²) >= 11 is 0. The molecule has 0 heterocycles. The number of aliphatic hydroxyl groups excluding tert-OH is 1. The lowest BCUT2D eigenvalue weighted by atomic mass is 9.86. The minimum atomic E-state index is -0.290. The Morgan fingerprint density at radius 3 is 2.32 bits per heavy atom. The van der Waals surface area contributed by atoms with Gasteiger partial charge in [-0.25, -0.2) is 0 Å². The third-order valence-electron chi connectivity index (χ3n) is 4.75. The molecule has 19 heavy (non-hydrogen) atoms. The smallest absolute Gasteiger partial charge is 0.0613 e. The quantitative estimate of drug-likeness (QED) is 0.642. The molecular formula is C16H34N2O. The number of aliphatic hydroxyl groups is 1. The fourth-order valence-electron chi connectivity index (χ4n) is 3.25. The molecule has 0 aromatic carbocycles. The summed E-state index contributed by atoms with van der Waals surface area (Å²) < 4.78 is 0. The van der Waals surface area contributed by atoms with Crippen LogP contribution in [0, 0.1) is 5.92 Å². The van der Waals surface area contributed by atoms with Gasteiger partial charge in [-0.3, -0.25) is 0 Å². The molecule has 0 saturated heterocycles. The van der Waals surface area contributed by atoms with Crippen molar-refractivity contribution in [3.63, 3.8) is 0 Å². The Labute approximate surface area is 119 Å². The highest BCUT2D eigenvalue weighted by Crippen LogP contribution is 2.35. The number of nitrogens with zero attached hydrogens (tertiary/aromatic N) is 1. The van der Waals surface area contributed by atoms with Crippen LogP contribution >= 0.6 is 0 Å². The summed E-state index contributed by atoms with van der Waals surface area (Å²) in [6.07, 6.45) is 9.66. The van der Waals surface area contributed by atoms with Crippen LogP contribution < -0.4 is 5.73 Å². The first-order valence-electron chi connectivity index (χ1n) is 8.28. The predicted octanol–water partition coefficient (Wildman–Crippen LogP) is 2.77. The third-order valence-corrected chi connectivity index (χ3v) is 4.75. The Morgan fingerprint density at radius 1 is 1.16 bits per heavy atom. The Bertz CT molecular complexity index is 227. The zero-order chi connectivity index (χ0) is 14.1. The van der Waals surface area contributed by atoms with Crippen LogP contribution in [-0.4, -0.2) is 41.8 Å². The topological polar surface area (TPSA) is 49.5 Å². The molecule has 1 rings (SSSR count). The van der Waals surface area contributed by atoms with Crippen molar-refractivity contribution in [1.82, 2.24) is 4.90 Å². The van der Waals surface area contributed by atoms with Gasteiger partial charge in [0.15, 0.2) is 0 Å². The number of hydrogen-bond acceptors (Lipinski definition) is 3. The van der Waals surface area contributed by atoms with Crippen molar-refractivity contribution in [2.24, 2.45) is 11.7 Å². The van der Waals surface area contributed by atoms with Gasteiger partial charge in [0, 0.05) is 5.54 Å². The van der Waals surface area contributed by atoms with Crippen molar-refractivity contribution in [1.29, 1.82) is 0 Å². The molecule has 3 nitrogen and oxygen atoms in total. The van der Waals surface area contributed by atoms with Crippen LogP contribution in [0.2, 0.25) is 0 Å². The van der Waals surface area contributed by atoms with E-state index in [9.17, 15) is 5.11 Å². The monoisotopic (exact) mass is 270 g/mol. The molecule has 0 aliphatic heterocycles. The normalized spacial score (nSPS) is 27.3. The summed E-state index contributed by atoms with van der Waals surface area (Å²) in [4.78, 5) is 2.60. The molecule has 0 bridgehead atoms. The van der Waals surface area contributed by atoms with E-state index in [4.69, 9.17) is 5.73 Å². The molecule has 0 amide bonds. The second-order valence-electron chi connectivity index (χ2n) is 6.32. The van der Waals surface area contributed by atoms with Gasteiger partial charge in [-0.2, -0.15) is 0 Å². The molecule has 2 unspecified atom stereocenters. The van der Waals surface area contributed by atoms with E-state index in [0.29, 0.717) is 5.92 Å². The lowest BCUT2D eigenvalue weighted by Gasteiger charge is -2.31. The van der Waals surface area contributed by atoms with Gasteiger partial charge in [-0.15, -0.1) is 0 Å². The number of unbranched alkanes of at least 4 members (excludes halogenated alkanes) is 2. The molecule has 1 aliphatic carbocycles. The minimum absolute atomic E-state index is 0.154. The molecule has 0 radical (unpaired) electrons. The lowest BCUT2D eigenvalue weighted by Crippen LogP contribution is -2.47. The van der Waals surface area contributed by atoms with Crippen LogP contribution in [0.1, 0.15) is 65.2 Å². The maximum absolute atomic E-state index is 9.51. The van der Waals surface area contributed by atoms with Crippen LogP contribution in [-0.2, 0) is 0 Å². The summed E-state index contributed by atoms with van der Waals surface area (Å²) in [6.45, 7) is 8.27. The molecule has 2 atom stereocenters. The standard InChI is InChI=1S/C16H34N2O/c1-3-5-11-18(12-6-4-2)13-9-15-8-7-10-16(15,17)14-19/h15,19H,3-14,17H2,1-2H3. The molecule has 1 fully saturated rings. The zero-order valence-electron chi connectivity index (χ0n) is 13.0. The van der Waals surface area contributed by atoms with E-state index in [1.807, 2.05) is 0 Å². The highest BCUT2D eigenvalue weighted by Gasteiger charge is 2.38. The maximum atomic E-state index is 9.51. The van der Waals surface area contributed by atoms with Crippen molar-refractivity contribution in [3.05, 3.63) is 0 Å². The lowest BCUT2D eigenvalue weighted by molar-refractivity contribution is 0.143. The van der Waals surface area contributed by atoms with Gasteiger partial charge < -0.3 is 15.7 Å². The van der Waals surface area contributed by atoms with Crippen molar-refractivity contribution < 1.29 is 5.11 Å². The van der Waals surface area contributed by atoms with Crippen molar-refractivity contribution >= 4 is 0 Å². The highest BCUT2D eigenvalue weighted by atomic mass is 16.3. The summed E-state index contributed by atoms with van der Waals surface area (Å²) in [5, 5.41) is 9.51. The Morgan fingerprint density at radius 2 is 1.79 bits per heavy atom. The molecule has 1 saturated carbocycles. The molecule has 3 N–H and O–H groups in total. The van der Waals surface area contributed by atoms with E-state index in [-0.39, 0.29) is 12.1 Å². The Hall–Kier alpha value is -0.120. The Balaban J connectivity index is 2.37. The summed E-state index contributed by atoms with van der Waals surface area (Å²) in [5.41, 5.74) is 6.03. The first-order chi connectivity index (χ1) is 9.16. The van der Waals surface area contributed by atoms with Crippen LogP contribution in [0.3, 0.4) is 0 Å². The van der Waals surface area contributed by atoms with E-state index >= 15 is 0 Å². The van der Waals surface area contributed by atoms with Crippen LogP contribution in [0.15, 0.2) is 0 Å². The van der Waals surface area contributed by atoms with Crippen molar-refractivity contribution in [2.75, 3.05) is 26.2 Å². The molecule has 1 aliphatic rings. The fourth-order valence-corrected chi connectivity index (χ4v) is 3.25. The van der Waals surface area contributed by atoms with Gasteiger partial charge in [0.2, 0.25) is 0 Å². The number of nitrogens with two attached hydrogens (primary N) is 1. The van der Waals surface area contributed by atoms with Gasteiger partial charge in [0.25, 0.3) is 0 Å². The second kappa shape index (κ2) is 8.93. The van der Waals surface area contributed by atoms with Crippen LogP contribution in [0.4, 0.5) is 0 Å². The fraction of sp³-hybridized carbons (Fsp3) is 1.00. The van der Waals surface area contributed by atoms with Gasteiger partial charge >= 0.3 is 0 Å². The van der Waals surface area contributed by atoms with Gasteiger partial charge in [-0.1, -0.05) is 33.1 Å². The Kier molecular flexibility index (Phi) is 7.96. The first kappa shape index (κ1) is 16.9. The van der Waals surface area contributed by atoms with Crippen molar-refractivity contribution in [2.45, 2.75) is 70.8 Å². The van der Waals surface area contributed by atoms with Gasteiger partial charge in [0.1, 0.15) is 0 Å². The minimum Gasteiger partial charge on any atom is -0.394 e. The number of hydrogen-bond donors (Lipinski definition) is 2. The average molecular weight is 270 g/mol. The maximum Gasteiger partial charge on any atom is 0.0613 e. The highest BCUT2D eigenvalue weighted by molar-refractivity contribution is 4.96. The molecular weight excluding hydrogens is 236 g/mol. The van der Waals surface area contributed by atoms with E-state index < -0.39 is 0 Å². The van der Waals surface area contributed by atoms with Crippen molar-refractivity contribution in [3.8, 4) is 0 Å². The largest absolute Gasteiger partial charge is 0.394 e. The van der Waals surface area contributed by atoms with Gasteiger partial charge in [-0.05, 0) is 57.7 Å². The van der Waals surface area contributed by atoms with E-state index in [0.717, 1.165) is 19.4 Å². The zero-order valence-corrected chi connectivity index (χ0v) is 13.0. The predicted molar refractivity (Wildman–Crippen MR) is 82.2 cm³/mol. The van der Waals surface area contributed by atoms with E-state index in [1.54, 1.807) is 0 Å².